The first kappa shape index (κ1) is 19.6. The highest BCUT2D eigenvalue weighted by Crippen LogP contribution is 2.31. The van der Waals surface area contributed by atoms with E-state index < -0.39 is 0 Å². The monoisotopic (exact) mass is 419 g/mol. The Morgan fingerprint density at radius 2 is 1.90 bits per heavy atom. The van der Waals surface area contributed by atoms with Gasteiger partial charge in [0, 0.05) is 17.0 Å². The number of hydrogen-bond donors (Lipinski definition) is 2. The topological polar surface area (TPSA) is 107 Å². The number of nitrogens with two attached hydrogens (primary N) is 1. The van der Waals surface area contributed by atoms with Crippen molar-refractivity contribution < 1.29 is 9.84 Å². The highest BCUT2D eigenvalue weighted by atomic mass is 35.5. The normalized spacial score (nSPS) is 11.6. The smallest absolute Gasteiger partial charge is 0.180 e. The lowest BCUT2D eigenvalue weighted by atomic mass is 10.1. The van der Waals surface area contributed by atoms with Crippen molar-refractivity contribution >= 4 is 34.4 Å². The number of ether oxygens (including phenoxy) is 1. The van der Waals surface area contributed by atoms with Crippen LogP contribution in [0.5, 0.6) is 11.5 Å². The Labute approximate surface area is 177 Å². The number of rotatable bonds is 5. The van der Waals surface area contributed by atoms with E-state index in [0.717, 1.165) is 11.1 Å². The molecule has 0 aliphatic heterocycles. The summed E-state index contributed by atoms with van der Waals surface area (Å²) in [6.45, 7) is 0. The molecular weight excluding hydrogens is 402 g/mol. The van der Waals surface area contributed by atoms with Gasteiger partial charge in [-0.15, -0.1) is 0 Å². The third-order valence-electron chi connectivity index (χ3n) is 4.43. The molecule has 0 fully saturated rings. The van der Waals surface area contributed by atoms with E-state index in [-0.39, 0.29) is 5.75 Å². The molecule has 0 radical (unpaired) electrons. The number of hydrogen-bond acceptors (Lipinski definition) is 6. The first-order valence-electron chi connectivity index (χ1n) is 9.10. The highest BCUT2D eigenvalue weighted by molar-refractivity contribution is 6.30. The van der Waals surface area contributed by atoms with Gasteiger partial charge < -0.3 is 15.6 Å². The van der Waals surface area contributed by atoms with Gasteiger partial charge in [-0.3, -0.25) is 0 Å². The average Bonchev–Trinajstić information content (AvgIpc) is 2.75. The Bertz CT molecular complexity index is 1240. The second kappa shape index (κ2) is 8.34. The maximum absolute atomic E-state index is 9.79. The Morgan fingerprint density at radius 1 is 1.10 bits per heavy atom. The van der Waals surface area contributed by atoms with Crippen LogP contribution in [0.25, 0.3) is 22.4 Å². The Hall–Kier alpha value is -3.71. The molecule has 150 valence electrons. The van der Waals surface area contributed by atoms with E-state index >= 15 is 0 Å². The molecule has 8 heteroatoms. The van der Waals surface area contributed by atoms with Crippen molar-refractivity contribution in [1.29, 1.82) is 0 Å². The average molecular weight is 420 g/mol. The van der Waals surface area contributed by atoms with Crippen molar-refractivity contribution in [2.45, 2.75) is 6.42 Å². The first-order valence-corrected chi connectivity index (χ1v) is 9.48. The van der Waals surface area contributed by atoms with Gasteiger partial charge in [-0.05, 0) is 48.0 Å². The summed E-state index contributed by atoms with van der Waals surface area (Å²) >= 11 is 5.91. The number of phenolic OH excluding ortho intramolecular Hbond substituents is 1. The lowest BCUT2D eigenvalue weighted by molar-refractivity contribution is 0.373. The van der Waals surface area contributed by atoms with Gasteiger partial charge in [-0.25, -0.2) is 19.9 Å². The van der Waals surface area contributed by atoms with Crippen molar-refractivity contribution in [3.05, 3.63) is 71.4 Å². The third-order valence-corrected chi connectivity index (χ3v) is 4.68. The minimum Gasteiger partial charge on any atom is -0.504 e. The molecule has 0 amide bonds. The van der Waals surface area contributed by atoms with Crippen LogP contribution in [-0.2, 0) is 6.42 Å². The van der Waals surface area contributed by atoms with E-state index in [4.69, 9.17) is 22.1 Å². The molecule has 2 heterocycles. The number of phenols is 1. The fourth-order valence-corrected chi connectivity index (χ4v) is 3.06. The van der Waals surface area contributed by atoms with E-state index in [0.29, 0.717) is 45.7 Å². The van der Waals surface area contributed by atoms with Gasteiger partial charge in [0.05, 0.1) is 19.0 Å². The number of aliphatic imine (C=N–C) groups is 1. The lowest BCUT2D eigenvalue weighted by Gasteiger charge is -2.07. The molecule has 0 bridgehead atoms. The van der Waals surface area contributed by atoms with Crippen molar-refractivity contribution in [2.75, 3.05) is 7.11 Å². The third kappa shape index (κ3) is 4.31. The second-order valence-electron chi connectivity index (χ2n) is 6.56. The molecule has 0 saturated carbocycles. The zero-order valence-electron chi connectivity index (χ0n) is 16.1. The number of fused-ring (bicyclic) bond motifs is 1. The number of halogens is 1. The van der Waals surface area contributed by atoms with Crippen LogP contribution in [0, 0.1) is 0 Å². The number of aromatic hydroxyl groups is 1. The summed E-state index contributed by atoms with van der Waals surface area (Å²) in [5, 5.41) is 10.5. The molecule has 0 spiro atoms. The van der Waals surface area contributed by atoms with E-state index in [1.807, 2.05) is 36.4 Å². The molecule has 0 aliphatic rings. The predicted molar refractivity (Wildman–Crippen MR) is 117 cm³/mol. The van der Waals surface area contributed by atoms with Crippen LogP contribution in [0.4, 0.5) is 5.82 Å². The summed E-state index contributed by atoms with van der Waals surface area (Å²) in [6.07, 6.45) is 2.03. The zero-order valence-corrected chi connectivity index (χ0v) is 16.8. The predicted octanol–water partition coefficient (Wildman–Crippen LogP) is 4.29. The van der Waals surface area contributed by atoms with Gasteiger partial charge in [0.15, 0.2) is 23.0 Å². The van der Waals surface area contributed by atoms with Gasteiger partial charge in [0.1, 0.15) is 11.4 Å². The number of benzene rings is 2. The molecule has 2 aromatic heterocycles. The molecule has 2 aromatic carbocycles. The van der Waals surface area contributed by atoms with Gasteiger partial charge in [-0.1, -0.05) is 23.7 Å². The van der Waals surface area contributed by atoms with E-state index in [9.17, 15) is 5.11 Å². The Morgan fingerprint density at radius 3 is 2.67 bits per heavy atom. The minimum absolute atomic E-state index is 0.0645. The fourth-order valence-electron chi connectivity index (χ4n) is 2.94. The summed E-state index contributed by atoms with van der Waals surface area (Å²) in [7, 11) is 1.50. The summed E-state index contributed by atoms with van der Waals surface area (Å²) in [4.78, 5) is 17.8. The second-order valence-corrected chi connectivity index (χ2v) is 7.00. The fraction of sp³-hybridized carbons (Fsp3) is 0.0909. The van der Waals surface area contributed by atoms with Gasteiger partial charge >= 0.3 is 0 Å². The van der Waals surface area contributed by atoms with Crippen molar-refractivity contribution in [2.24, 2.45) is 10.7 Å². The van der Waals surface area contributed by atoms with E-state index in [2.05, 4.69) is 19.9 Å². The Balaban J connectivity index is 1.63. The van der Waals surface area contributed by atoms with Crippen molar-refractivity contribution in [3.63, 3.8) is 0 Å². The molecular formula is C22H18ClN5O2. The summed E-state index contributed by atoms with van der Waals surface area (Å²) in [6, 6.07) is 16.1. The molecule has 4 aromatic rings. The number of methoxy groups -OCH3 is 1. The molecule has 7 nitrogen and oxygen atoms in total. The number of nitrogens with zero attached hydrogens (tertiary/aromatic N) is 4. The van der Waals surface area contributed by atoms with Gasteiger partial charge in [0.2, 0.25) is 0 Å². The van der Waals surface area contributed by atoms with Crippen LogP contribution < -0.4 is 10.5 Å². The minimum atomic E-state index is 0.0645. The quantitative estimate of drug-likeness (QED) is 0.369. The molecule has 30 heavy (non-hydrogen) atoms. The molecule has 0 unspecified atom stereocenters. The van der Waals surface area contributed by atoms with E-state index in [1.54, 1.807) is 24.4 Å². The van der Waals surface area contributed by atoms with Gasteiger partial charge in [-0.2, -0.15) is 0 Å². The maximum Gasteiger partial charge on any atom is 0.180 e. The van der Waals surface area contributed by atoms with Crippen molar-refractivity contribution in [1.82, 2.24) is 15.0 Å². The first-order chi connectivity index (χ1) is 14.5. The summed E-state index contributed by atoms with van der Waals surface area (Å²) in [5.74, 6) is 1.22. The van der Waals surface area contributed by atoms with Crippen LogP contribution in [0.2, 0.25) is 5.02 Å². The van der Waals surface area contributed by atoms with E-state index in [1.165, 1.54) is 7.11 Å². The number of pyridine rings is 1. The van der Waals surface area contributed by atoms with Gasteiger partial charge in [0.25, 0.3) is 0 Å². The Kier molecular flexibility index (Phi) is 5.45. The SMILES string of the molecule is COc1cc(-c2ccc3ncc(/N=C(\N)Cc4ccc(Cl)cc4)nc3n2)ccc1O. The molecule has 3 N–H and O–H groups in total. The highest BCUT2D eigenvalue weighted by Gasteiger charge is 2.08. The van der Waals surface area contributed by atoms with Crippen LogP contribution in [0.1, 0.15) is 5.56 Å². The zero-order chi connectivity index (χ0) is 21.1. The molecule has 0 aliphatic carbocycles. The van der Waals surface area contributed by atoms with Crippen LogP contribution >= 0.6 is 11.6 Å². The van der Waals surface area contributed by atoms with Crippen LogP contribution in [0.3, 0.4) is 0 Å². The standard InChI is InChI=1S/C22H18ClN5O2/c1-30-19-11-14(4-9-18(19)29)16-7-8-17-22(26-16)28-21(12-25-17)27-20(24)10-13-2-5-15(23)6-3-13/h2-9,11-12,29H,10H2,1H3,(H2,24,26,27,28). The number of amidine groups is 1. The van der Waals surface area contributed by atoms with Crippen LogP contribution in [-0.4, -0.2) is 33.0 Å². The number of aromatic nitrogens is 3. The molecule has 0 atom stereocenters. The summed E-state index contributed by atoms with van der Waals surface area (Å²) < 4.78 is 5.17. The van der Waals surface area contributed by atoms with Crippen LogP contribution in [0.15, 0.2) is 65.8 Å². The lowest BCUT2D eigenvalue weighted by Crippen LogP contribution is -2.14. The van der Waals surface area contributed by atoms with Crippen molar-refractivity contribution in [3.8, 4) is 22.8 Å². The largest absolute Gasteiger partial charge is 0.504 e. The molecule has 4 rings (SSSR count). The maximum atomic E-state index is 9.79. The molecule has 0 saturated heterocycles. The summed E-state index contributed by atoms with van der Waals surface area (Å²) in [5.41, 5.74) is 9.61.